The number of Topliss-reactive ketones (excluding diaryl/α,β-unsaturated/α-hetero) is 1. The largest absolute Gasteiger partial charge is 0.306 e. The van der Waals surface area contributed by atoms with E-state index in [9.17, 15) is 4.79 Å². The van der Waals surface area contributed by atoms with Gasteiger partial charge in [-0.1, -0.05) is 17.7 Å². The quantitative estimate of drug-likeness (QED) is 0.654. The van der Waals surface area contributed by atoms with Crippen LogP contribution < -0.4 is 0 Å². The molecule has 0 aromatic rings. The van der Waals surface area contributed by atoms with Crippen molar-refractivity contribution in [3.8, 4) is 0 Å². The third-order valence-electron chi connectivity index (χ3n) is 3.47. The van der Waals surface area contributed by atoms with E-state index in [4.69, 9.17) is 0 Å². The van der Waals surface area contributed by atoms with Crippen LogP contribution in [-0.4, -0.2) is 30.8 Å². The lowest BCUT2D eigenvalue weighted by Gasteiger charge is -2.30. The first-order valence-electron chi connectivity index (χ1n) is 5.77. The van der Waals surface area contributed by atoms with Crippen molar-refractivity contribution < 1.29 is 4.79 Å². The minimum Gasteiger partial charge on any atom is -0.306 e. The van der Waals surface area contributed by atoms with Crippen LogP contribution in [0, 0.1) is 5.92 Å². The molecule has 0 radical (unpaired) electrons. The van der Waals surface area contributed by atoms with Gasteiger partial charge in [-0.25, -0.2) is 0 Å². The summed E-state index contributed by atoms with van der Waals surface area (Å²) in [6.45, 7) is 4.33. The van der Waals surface area contributed by atoms with E-state index in [0.29, 0.717) is 18.1 Å². The van der Waals surface area contributed by atoms with Crippen molar-refractivity contribution in [1.82, 2.24) is 4.90 Å². The predicted octanol–water partition coefficient (Wildman–Crippen LogP) is 2.17. The minimum absolute atomic E-state index is 0.343. The van der Waals surface area contributed by atoms with Gasteiger partial charge in [-0.3, -0.25) is 4.79 Å². The molecule has 2 heteroatoms. The Kier molecular flexibility index (Phi) is 3.06. The topological polar surface area (TPSA) is 20.3 Å². The molecular weight excluding hydrogens is 186 g/mol. The van der Waals surface area contributed by atoms with Gasteiger partial charge in [0.2, 0.25) is 0 Å². The van der Waals surface area contributed by atoms with Crippen molar-refractivity contribution >= 4 is 5.78 Å². The van der Waals surface area contributed by atoms with Gasteiger partial charge in [0.1, 0.15) is 0 Å². The summed E-state index contributed by atoms with van der Waals surface area (Å²) in [5, 5.41) is 0. The number of ketones is 1. The Morgan fingerprint density at radius 2 is 2.00 bits per heavy atom. The van der Waals surface area contributed by atoms with E-state index in [1.54, 1.807) is 0 Å². The molecule has 0 unspecified atom stereocenters. The summed E-state index contributed by atoms with van der Waals surface area (Å²) in [6, 6.07) is 0. The molecule has 2 nitrogen and oxygen atoms in total. The zero-order chi connectivity index (χ0) is 10.8. The highest BCUT2D eigenvalue weighted by molar-refractivity contribution is 5.98. The number of piperidine rings is 1. The minimum atomic E-state index is 0.343. The molecule has 0 bridgehead atoms. The van der Waals surface area contributed by atoms with Gasteiger partial charge < -0.3 is 4.90 Å². The lowest BCUT2D eigenvalue weighted by atomic mass is 9.83. The molecule has 0 N–H and O–H groups in total. The van der Waals surface area contributed by atoms with E-state index in [0.717, 1.165) is 31.5 Å². The molecule has 2 aliphatic rings. The fourth-order valence-corrected chi connectivity index (χ4v) is 2.42. The first-order chi connectivity index (χ1) is 7.16. The third kappa shape index (κ3) is 2.37. The van der Waals surface area contributed by atoms with Crippen molar-refractivity contribution in [1.29, 1.82) is 0 Å². The number of nitrogens with zero attached hydrogens (tertiary/aromatic N) is 1. The summed E-state index contributed by atoms with van der Waals surface area (Å²) in [5.74, 6) is 0.854. The summed E-state index contributed by atoms with van der Waals surface area (Å²) in [5.41, 5.74) is 2.34. The lowest BCUT2D eigenvalue weighted by Crippen LogP contribution is -2.32. The molecule has 0 amide bonds. The Hall–Kier alpha value is -0.890. The van der Waals surface area contributed by atoms with E-state index in [2.05, 4.69) is 24.9 Å². The number of allylic oxidation sites excluding steroid dienone is 4. The maximum atomic E-state index is 11.8. The van der Waals surface area contributed by atoms with Crippen LogP contribution in [0.5, 0.6) is 0 Å². The second-order valence-electron chi connectivity index (χ2n) is 4.75. The molecular formula is C13H19NO. The number of carbonyl (C=O) groups excluding carboxylic acids is 1. The number of likely N-dealkylation sites (tertiary alicyclic amines) is 1. The lowest BCUT2D eigenvalue weighted by molar-refractivity contribution is -0.115. The normalized spacial score (nSPS) is 25.1. The molecule has 0 spiro atoms. The van der Waals surface area contributed by atoms with E-state index in [1.807, 2.05) is 6.08 Å². The van der Waals surface area contributed by atoms with Gasteiger partial charge in [0, 0.05) is 6.42 Å². The molecule has 15 heavy (non-hydrogen) atoms. The first kappa shape index (κ1) is 10.6. The summed E-state index contributed by atoms with van der Waals surface area (Å²) in [6.07, 6.45) is 7.02. The maximum absolute atomic E-state index is 11.8. The van der Waals surface area contributed by atoms with Crippen LogP contribution in [0.2, 0.25) is 0 Å². The molecule has 2 rings (SSSR count). The van der Waals surface area contributed by atoms with Crippen LogP contribution in [-0.2, 0) is 4.79 Å². The molecule has 1 heterocycles. The molecule has 1 aliphatic heterocycles. The Balaban J connectivity index is 2.09. The summed E-state index contributed by atoms with van der Waals surface area (Å²) < 4.78 is 0. The average molecular weight is 205 g/mol. The third-order valence-corrected chi connectivity index (χ3v) is 3.47. The van der Waals surface area contributed by atoms with Crippen LogP contribution in [0.4, 0.5) is 0 Å². The molecule has 0 aromatic carbocycles. The standard InChI is InChI=1S/C13H19NO/c1-10-3-4-13(15)12(9-10)11-5-7-14(2)8-6-11/h3,9,11H,4-8H2,1-2H3. The molecule has 1 aliphatic carbocycles. The summed E-state index contributed by atoms with van der Waals surface area (Å²) >= 11 is 0. The number of rotatable bonds is 1. The molecule has 82 valence electrons. The fourth-order valence-electron chi connectivity index (χ4n) is 2.42. The van der Waals surface area contributed by atoms with E-state index < -0.39 is 0 Å². The zero-order valence-corrected chi connectivity index (χ0v) is 9.62. The first-order valence-corrected chi connectivity index (χ1v) is 5.77. The second-order valence-corrected chi connectivity index (χ2v) is 4.75. The monoisotopic (exact) mass is 205 g/mol. The Morgan fingerprint density at radius 3 is 2.67 bits per heavy atom. The number of carbonyl (C=O) groups is 1. The van der Waals surface area contributed by atoms with Crippen LogP contribution in [0.1, 0.15) is 26.2 Å². The maximum Gasteiger partial charge on any atom is 0.162 e. The Bertz CT molecular complexity index is 319. The van der Waals surface area contributed by atoms with Crippen LogP contribution in [0.15, 0.2) is 23.3 Å². The number of hydrogen-bond acceptors (Lipinski definition) is 2. The van der Waals surface area contributed by atoms with Crippen LogP contribution in [0.3, 0.4) is 0 Å². The van der Waals surface area contributed by atoms with E-state index >= 15 is 0 Å². The molecule has 1 saturated heterocycles. The highest BCUT2D eigenvalue weighted by Crippen LogP contribution is 2.28. The highest BCUT2D eigenvalue weighted by Gasteiger charge is 2.25. The molecule has 0 aromatic heterocycles. The van der Waals surface area contributed by atoms with Crippen molar-refractivity contribution in [2.75, 3.05) is 20.1 Å². The average Bonchev–Trinajstić information content (AvgIpc) is 2.23. The van der Waals surface area contributed by atoms with Gasteiger partial charge in [-0.05, 0) is 51.4 Å². The van der Waals surface area contributed by atoms with Crippen LogP contribution in [0.25, 0.3) is 0 Å². The van der Waals surface area contributed by atoms with Crippen molar-refractivity contribution in [3.63, 3.8) is 0 Å². The van der Waals surface area contributed by atoms with E-state index in [-0.39, 0.29) is 0 Å². The Labute approximate surface area is 91.6 Å². The van der Waals surface area contributed by atoms with Gasteiger partial charge in [0.05, 0.1) is 0 Å². The molecule has 0 saturated carbocycles. The summed E-state index contributed by atoms with van der Waals surface area (Å²) in [4.78, 5) is 14.1. The number of hydrogen-bond donors (Lipinski definition) is 0. The predicted molar refractivity (Wildman–Crippen MR) is 61.7 cm³/mol. The zero-order valence-electron chi connectivity index (χ0n) is 9.62. The van der Waals surface area contributed by atoms with Gasteiger partial charge in [0.25, 0.3) is 0 Å². The van der Waals surface area contributed by atoms with Crippen molar-refractivity contribution in [3.05, 3.63) is 23.3 Å². The smallest absolute Gasteiger partial charge is 0.162 e. The van der Waals surface area contributed by atoms with E-state index in [1.165, 1.54) is 5.57 Å². The van der Waals surface area contributed by atoms with Gasteiger partial charge in [-0.2, -0.15) is 0 Å². The van der Waals surface area contributed by atoms with Crippen LogP contribution >= 0.6 is 0 Å². The Morgan fingerprint density at radius 1 is 1.33 bits per heavy atom. The fraction of sp³-hybridized carbons (Fsp3) is 0.615. The van der Waals surface area contributed by atoms with Gasteiger partial charge in [-0.15, -0.1) is 0 Å². The van der Waals surface area contributed by atoms with Crippen molar-refractivity contribution in [2.24, 2.45) is 5.92 Å². The summed E-state index contributed by atoms with van der Waals surface area (Å²) in [7, 11) is 2.15. The molecule has 1 fully saturated rings. The second kappa shape index (κ2) is 4.31. The van der Waals surface area contributed by atoms with Gasteiger partial charge in [0.15, 0.2) is 5.78 Å². The molecule has 0 atom stereocenters. The highest BCUT2D eigenvalue weighted by atomic mass is 16.1. The van der Waals surface area contributed by atoms with Crippen molar-refractivity contribution in [2.45, 2.75) is 26.2 Å². The van der Waals surface area contributed by atoms with Gasteiger partial charge >= 0.3 is 0 Å². The SMILES string of the molecule is CC1=CCC(=O)C(C2CCN(C)CC2)=C1.